The monoisotopic (exact) mass is 152 g/mol. The highest BCUT2D eigenvalue weighted by molar-refractivity contribution is 5.71. The van der Waals surface area contributed by atoms with Gasteiger partial charge in [0.05, 0.1) is 0 Å². The highest BCUT2D eigenvalue weighted by Crippen LogP contribution is 2.32. The molecule has 0 amide bonds. The molecule has 0 heterocycles. The Morgan fingerprint density at radius 3 is 2.73 bits per heavy atom. The predicted octanol–water partition coefficient (Wildman–Crippen LogP) is 1.83. The van der Waals surface area contributed by atoms with Crippen molar-refractivity contribution in [1.29, 1.82) is 0 Å². The molecule has 0 aliphatic carbocycles. The molecule has 0 saturated heterocycles. The van der Waals surface area contributed by atoms with E-state index in [1.54, 1.807) is 13.1 Å². The number of anilines is 1. The Morgan fingerprint density at radius 1 is 1.55 bits per heavy atom. The first-order valence-corrected chi connectivity index (χ1v) is 3.12. The molecule has 0 bridgehead atoms. The van der Waals surface area contributed by atoms with Gasteiger partial charge in [0.25, 0.3) is 0 Å². The Balaban J connectivity index is 3.23. The summed E-state index contributed by atoms with van der Waals surface area (Å²) in [4.78, 5) is 10.1. The largest absolute Gasteiger partial charge is 0.506 e. The third-order valence-corrected chi connectivity index (χ3v) is 1.37. The molecule has 0 aliphatic rings. The maximum absolute atomic E-state index is 10.1. The van der Waals surface area contributed by atoms with Gasteiger partial charge in [0.1, 0.15) is 17.1 Å². The molecule has 0 fully saturated rings. The average Bonchev–Trinajstić information content (AvgIpc) is 2.04. The number of para-hydroxylation sites is 1. The van der Waals surface area contributed by atoms with E-state index in [9.17, 15) is 4.91 Å². The van der Waals surface area contributed by atoms with E-state index >= 15 is 0 Å². The van der Waals surface area contributed by atoms with Crippen molar-refractivity contribution in [1.82, 2.24) is 0 Å². The normalized spacial score (nSPS) is 9.18. The van der Waals surface area contributed by atoms with Crippen molar-refractivity contribution in [3.63, 3.8) is 0 Å². The van der Waals surface area contributed by atoms with E-state index in [1.165, 1.54) is 12.1 Å². The van der Waals surface area contributed by atoms with Gasteiger partial charge in [0, 0.05) is 7.05 Å². The Bertz CT molecular complexity index is 273. The molecule has 0 aromatic heterocycles. The molecule has 11 heavy (non-hydrogen) atoms. The SMILES string of the molecule is CNc1c(O)cccc1N=O. The van der Waals surface area contributed by atoms with Crippen molar-refractivity contribution in [3.05, 3.63) is 23.1 Å². The molecule has 1 rings (SSSR count). The van der Waals surface area contributed by atoms with Crippen LogP contribution in [0.15, 0.2) is 23.4 Å². The predicted molar refractivity (Wildman–Crippen MR) is 43.1 cm³/mol. The van der Waals surface area contributed by atoms with Gasteiger partial charge < -0.3 is 10.4 Å². The summed E-state index contributed by atoms with van der Waals surface area (Å²) in [7, 11) is 1.61. The molecule has 0 spiro atoms. The van der Waals surface area contributed by atoms with Gasteiger partial charge in [-0.3, -0.25) is 0 Å². The number of nitroso groups, excluding NO2 is 1. The summed E-state index contributed by atoms with van der Waals surface area (Å²) in [5, 5.41) is 14.6. The van der Waals surface area contributed by atoms with E-state index < -0.39 is 0 Å². The molecular weight excluding hydrogens is 144 g/mol. The third kappa shape index (κ3) is 1.29. The summed E-state index contributed by atoms with van der Waals surface area (Å²) in [6.07, 6.45) is 0. The molecule has 0 unspecified atom stereocenters. The smallest absolute Gasteiger partial charge is 0.141 e. The Labute approximate surface area is 63.8 Å². The molecule has 4 heteroatoms. The van der Waals surface area contributed by atoms with Crippen LogP contribution in [0.1, 0.15) is 0 Å². The molecule has 0 atom stereocenters. The van der Waals surface area contributed by atoms with Crippen LogP contribution in [0.3, 0.4) is 0 Å². The second-order valence-electron chi connectivity index (χ2n) is 2.01. The number of hydrogen-bond donors (Lipinski definition) is 2. The molecule has 0 radical (unpaired) electrons. The number of hydrogen-bond acceptors (Lipinski definition) is 4. The minimum Gasteiger partial charge on any atom is -0.506 e. The first kappa shape index (κ1) is 7.53. The first-order chi connectivity index (χ1) is 5.29. The lowest BCUT2D eigenvalue weighted by molar-refractivity contribution is 0.478. The third-order valence-electron chi connectivity index (χ3n) is 1.37. The second kappa shape index (κ2) is 3.01. The van der Waals surface area contributed by atoms with Crippen LogP contribution < -0.4 is 5.32 Å². The van der Waals surface area contributed by atoms with Gasteiger partial charge >= 0.3 is 0 Å². The quantitative estimate of drug-likeness (QED) is 0.502. The second-order valence-corrected chi connectivity index (χ2v) is 2.01. The van der Waals surface area contributed by atoms with Gasteiger partial charge in [-0.15, -0.1) is 4.91 Å². The first-order valence-electron chi connectivity index (χ1n) is 3.12. The fourth-order valence-electron chi connectivity index (χ4n) is 0.861. The van der Waals surface area contributed by atoms with Crippen molar-refractivity contribution in [2.75, 3.05) is 12.4 Å². The van der Waals surface area contributed by atoms with Gasteiger partial charge in [0.15, 0.2) is 0 Å². The van der Waals surface area contributed by atoms with E-state index in [1.807, 2.05) is 0 Å². The van der Waals surface area contributed by atoms with E-state index in [-0.39, 0.29) is 11.4 Å². The number of nitrogens with zero attached hydrogens (tertiary/aromatic N) is 1. The molecule has 0 aliphatic heterocycles. The maximum Gasteiger partial charge on any atom is 0.141 e. The van der Waals surface area contributed by atoms with Crippen molar-refractivity contribution in [2.45, 2.75) is 0 Å². The van der Waals surface area contributed by atoms with Gasteiger partial charge in [-0.2, -0.15) is 0 Å². The van der Waals surface area contributed by atoms with Gasteiger partial charge in [-0.1, -0.05) is 6.07 Å². The van der Waals surface area contributed by atoms with Crippen LogP contribution >= 0.6 is 0 Å². The van der Waals surface area contributed by atoms with Crippen LogP contribution in [0.2, 0.25) is 0 Å². The van der Waals surface area contributed by atoms with Crippen LogP contribution in [0.4, 0.5) is 11.4 Å². The van der Waals surface area contributed by atoms with Crippen LogP contribution in [0.5, 0.6) is 5.75 Å². The van der Waals surface area contributed by atoms with E-state index in [0.29, 0.717) is 5.69 Å². The van der Waals surface area contributed by atoms with E-state index in [2.05, 4.69) is 10.5 Å². The van der Waals surface area contributed by atoms with Gasteiger partial charge in [0.2, 0.25) is 0 Å². The lowest BCUT2D eigenvalue weighted by atomic mass is 10.2. The molecule has 1 aromatic rings. The topological polar surface area (TPSA) is 61.7 Å². The summed E-state index contributed by atoms with van der Waals surface area (Å²) in [5.74, 6) is 0.0320. The fourth-order valence-corrected chi connectivity index (χ4v) is 0.861. The van der Waals surface area contributed by atoms with Crippen molar-refractivity contribution < 1.29 is 5.11 Å². The van der Waals surface area contributed by atoms with E-state index in [4.69, 9.17) is 5.11 Å². The number of benzene rings is 1. The van der Waals surface area contributed by atoms with Gasteiger partial charge in [-0.25, -0.2) is 0 Å². The zero-order valence-electron chi connectivity index (χ0n) is 6.03. The Hall–Kier alpha value is -1.58. The summed E-state index contributed by atoms with van der Waals surface area (Å²) >= 11 is 0. The van der Waals surface area contributed by atoms with Gasteiger partial charge in [-0.05, 0) is 17.3 Å². The summed E-state index contributed by atoms with van der Waals surface area (Å²) in [6, 6.07) is 4.58. The minimum atomic E-state index is 0.0320. The van der Waals surface area contributed by atoms with E-state index in [0.717, 1.165) is 0 Å². The molecular formula is C7H8N2O2. The van der Waals surface area contributed by atoms with Crippen LogP contribution in [0, 0.1) is 4.91 Å². The molecule has 2 N–H and O–H groups in total. The van der Waals surface area contributed by atoms with Crippen molar-refractivity contribution in [3.8, 4) is 5.75 Å². The summed E-state index contributed by atoms with van der Waals surface area (Å²) < 4.78 is 0. The Kier molecular flexibility index (Phi) is 2.06. The van der Waals surface area contributed by atoms with Crippen molar-refractivity contribution in [2.24, 2.45) is 5.18 Å². The highest BCUT2D eigenvalue weighted by atomic mass is 16.3. The highest BCUT2D eigenvalue weighted by Gasteiger charge is 2.04. The number of nitrogens with one attached hydrogen (secondary N) is 1. The molecule has 1 aromatic carbocycles. The average molecular weight is 152 g/mol. The fraction of sp³-hybridized carbons (Fsp3) is 0.143. The lowest BCUT2D eigenvalue weighted by Gasteiger charge is -2.03. The molecule has 0 saturated carbocycles. The standard InChI is InChI=1S/C7H8N2O2/c1-8-7-5(9-11)3-2-4-6(7)10/h2-4,8,10H,1H3. The van der Waals surface area contributed by atoms with Crippen molar-refractivity contribution >= 4 is 11.4 Å². The summed E-state index contributed by atoms with van der Waals surface area (Å²) in [6.45, 7) is 0. The summed E-state index contributed by atoms with van der Waals surface area (Å²) in [5.41, 5.74) is 0.579. The molecule has 58 valence electrons. The minimum absolute atomic E-state index is 0.0320. The number of phenolic OH excluding ortho intramolecular Hbond substituents is 1. The van der Waals surface area contributed by atoms with Crippen LogP contribution in [0.25, 0.3) is 0 Å². The zero-order chi connectivity index (χ0) is 8.27. The zero-order valence-corrected chi connectivity index (χ0v) is 6.03. The lowest BCUT2D eigenvalue weighted by Crippen LogP contribution is -1.88. The van der Waals surface area contributed by atoms with Crippen LogP contribution in [-0.2, 0) is 0 Å². The Morgan fingerprint density at radius 2 is 2.27 bits per heavy atom. The molecule has 4 nitrogen and oxygen atoms in total. The number of aromatic hydroxyl groups is 1. The number of phenols is 1. The maximum atomic E-state index is 10.1. The number of rotatable bonds is 2. The van der Waals surface area contributed by atoms with Crippen LogP contribution in [-0.4, -0.2) is 12.2 Å².